The van der Waals surface area contributed by atoms with Gasteiger partial charge in [-0.2, -0.15) is 0 Å². The van der Waals surface area contributed by atoms with Crippen LogP contribution >= 0.6 is 11.3 Å². The van der Waals surface area contributed by atoms with Crippen LogP contribution in [0.25, 0.3) is 21.8 Å². The van der Waals surface area contributed by atoms with Crippen LogP contribution in [0.3, 0.4) is 0 Å². The highest BCUT2D eigenvalue weighted by molar-refractivity contribution is 7.13. The molecule has 4 aromatic carbocycles. The smallest absolute Gasteiger partial charge is 0.232 e. The van der Waals surface area contributed by atoms with Crippen LogP contribution in [0.4, 0.5) is 0 Å². The zero-order valence-corrected chi connectivity index (χ0v) is 20.3. The van der Waals surface area contributed by atoms with Gasteiger partial charge in [0.05, 0.1) is 11.6 Å². The molecule has 0 aliphatic rings. The van der Waals surface area contributed by atoms with E-state index in [0.717, 1.165) is 38.5 Å². The third-order valence-corrected chi connectivity index (χ3v) is 6.94. The van der Waals surface area contributed by atoms with Crippen LogP contribution in [0.2, 0.25) is 0 Å². The third-order valence-electron chi connectivity index (χ3n) is 6.05. The Morgan fingerprint density at radius 3 is 1.94 bits per heavy atom. The standard InChI is InChI=1S/C31H26N2OS/c1-22-12-16-24(17-13-22)28-21-35-31(33-28)27-18-14-23(15-19-27)20-32-30(34)29(25-8-4-2-5-9-25)26-10-6-3-7-11-26/h2-19,21,29H,20H2,1H3,(H,32,34). The van der Waals surface area contributed by atoms with Gasteiger partial charge in [0.15, 0.2) is 0 Å². The lowest BCUT2D eigenvalue weighted by atomic mass is 9.90. The summed E-state index contributed by atoms with van der Waals surface area (Å²) in [5.41, 5.74) is 7.47. The molecular formula is C31H26N2OS. The molecule has 0 saturated heterocycles. The zero-order valence-electron chi connectivity index (χ0n) is 19.5. The summed E-state index contributed by atoms with van der Waals surface area (Å²) in [7, 11) is 0. The third kappa shape index (κ3) is 5.39. The fourth-order valence-corrected chi connectivity index (χ4v) is 4.94. The number of amides is 1. The van der Waals surface area contributed by atoms with Crippen molar-refractivity contribution < 1.29 is 4.79 Å². The summed E-state index contributed by atoms with van der Waals surface area (Å²) in [6.07, 6.45) is 0. The largest absolute Gasteiger partial charge is 0.351 e. The Labute approximate surface area is 210 Å². The van der Waals surface area contributed by atoms with Crippen molar-refractivity contribution >= 4 is 17.2 Å². The van der Waals surface area contributed by atoms with Crippen LogP contribution in [0, 0.1) is 6.92 Å². The highest BCUT2D eigenvalue weighted by Crippen LogP contribution is 2.29. The summed E-state index contributed by atoms with van der Waals surface area (Å²) in [6.45, 7) is 2.56. The van der Waals surface area contributed by atoms with Crippen LogP contribution in [-0.4, -0.2) is 10.9 Å². The topological polar surface area (TPSA) is 42.0 Å². The number of nitrogens with zero attached hydrogens (tertiary/aromatic N) is 1. The fraction of sp³-hybridized carbons (Fsp3) is 0.0968. The van der Waals surface area contributed by atoms with Gasteiger partial charge in [0.1, 0.15) is 5.01 Å². The Morgan fingerprint density at radius 1 is 0.771 bits per heavy atom. The molecule has 0 atom stereocenters. The van der Waals surface area contributed by atoms with Gasteiger partial charge in [0.25, 0.3) is 0 Å². The molecule has 1 heterocycles. The maximum absolute atomic E-state index is 13.2. The average Bonchev–Trinajstić information content (AvgIpc) is 3.40. The van der Waals surface area contributed by atoms with E-state index in [1.54, 1.807) is 11.3 Å². The number of aromatic nitrogens is 1. The summed E-state index contributed by atoms with van der Waals surface area (Å²) in [4.78, 5) is 18.1. The molecule has 35 heavy (non-hydrogen) atoms. The second-order valence-corrected chi connectivity index (χ2v) is 9.43. The molecule has 0 fully saturated rings. The summed E-state index contributed by atoms with van der Waals surface area (Å²) in [5, 5.41) is 6.22. The number of aryl methyl sites for hydroxylation is 1. The molecular weight excluding hydrogens is 448 g/mol. The van der Waals surface area contributed by atoms with E-state index in [-0.39, 0.29) is 11.8 Å². The molecule has 5 rings (SSSR count). The van der Waals surface area contributed by atoms with Crippen LogP contribution < -0.4 is 5.32 Å². The van der Waals surface area contributed by atoms with Crippen molar-refractivity contribution in [1.82, 2.24) is 10.3 Å². The van der Waals surface area contributed by atoms with Crippen molar-refractivity contribution in [3.8, 4) is 21.8 Å². The van der Waals surface area contributed by atoms with Gasteiger partial charge in [-0.1, -0.05) is 115 Å². The second-order valence-electron chi connectivity index (χ2n) is 8.57. The van der Waals surface area contributed by atoms with Gasteiger partial charge in [-0.3, -0.25) is 4.79 Å². The number of thiazole rings is 1. The Bertz CT molecular complexity index is 1350. The normalized spacial score (nSPS) is 10.9. The minimum absolute atomic E-state index is 0.00543. The van der Waals surface area contributed by atoms with Crippen molar-refractivity contribution in [1.29, 1.82) is 0 Å². The van der Waals surface area contributed by atoms with Crippen molar-refractivity contribution in [2.45, 2.75) is 19.4 Å². The number of nitrogens with one attached hydrogen (secondary N) is 1. The van der Waals surface area contributed by atoms with Crippen LogP contribution in [-0.2, 0) is 11.3 Å². The zero-order chi connectivity index (χ0) is 24.0. The first kappa shape index (κ1) is 22.8. The van der Waals surface area contributed by atoms with Gasteiger partial charge < -0.3 is 5.32 Å². The van der Waals surface area contributed by atoms with Crippen LogP contribution in [0.1, 0.15) is 28.2 Å². The van der Waals surface area contributed by atoms with E-state index in [9.17, 15) is 4.79 Å². The highest BCUT2D eigenvalue weighted by atomic mass is 32.1. The number of hydrogen-bond acceptors (Lipinski definition) is 3. The predicted molar refractivity (Wildman–Crippen MR) is 144 cm³/mol. The number of hydrogen-bond donors (Lipinski definition) is 1. The van der Waals surface area contributed by atoms with E-state index < -0.39 is 0 Å². The van der Waals surface area contributed by atoms with Crippen molar-refractivity contribution in [3.63, 3.8) is 0 Å². The second kappa shape index (κ2) is 10.5. The first-order chi connectivity index (χ1) is 17.2. The molecule has 1 aromatic heterocycles. The van der Waals surface area contributed by atoms with E-state index in [2.05, 4.69) is 66.2 Å². The van der Waals surface area contributed by atoms with Gasteiger partial charge >= 0.3 is 0 Å². The van der Waals surface area contributed by atoms with E-state index in [0.29, 0.717) is 6.54 Å². The lowest BCUT2D eigenvalue weighted by Gasteiger charge is -2.18. The summed E-state index contributed by atoms with van der Waals surface area (Å²) < 4.78 is 0. The molecule has 5 aromatic rings. The molecule has 0 spiro atoms. The first-order valence-electron chi connectivity index (χ1n) is 11.7. The molecule has 0 unspecified atom stereocenters. The number of carbonyl (C=O) groups excluding carboxylic acids is 1. The Morgan fingerprint density at radius 2 is 1.34 bits per heavy atom. The first-order valence-corrected chi connectivity index (χ1v) is 12.5. The van der Waals surface area contributed by atoms with E-state index >= 15 is 0 Å². The predicted octanol–water partition coefficient (Wildman–Crippen LogP) is 7.23. The monoisotopic (exact) mass is 474 g/mol. The fourth-order valence-electron chi connectivity index (χ4n) is 4.11. The number of carbonyl (C=O) groups is 1. The lowest BCUT2D eigenvalue weighted by molar-refractivity contribution is -0.121. The van der Waals surface area contributed by atoms with Gasteiger partial charge in [0, 0.05) is 23.1 Å². The van der Waals surface area contributed by atoms with Crippen LogP contribution in [0.15, 0.2) is 115 Å². The summed E-state index contributed by atoms with van der Waals surface area (Å²) in [6, 6.07) is 36.5. The number of benzene rings is 4. The summed E-state index contributed by atoms with van der Waals surface area (Å²) >= 11 is 1.64. The molecule has 3 nitrogen and oxygen atoms in total. The van der Waals surface area contributed by atoms with Gasteiger partial charge in [0.2, 0.25) is 5.91 Å². The van der Waals surface area contributed by atoms with E-state index in [4.69, 9.17) is 4.98 Å². The van der Waals surface area contributed by atoms with Crippen LogP contribution in [0.5, 0.6) is 0 Å². The minimum atomic E-state index is -0.341. The Hall–Kier alpha value is -4.02. The van der Waals surface area contributed by atoms with Gasteiger partial charge in [-0.15, -0.1) is 11.3 Å². The summed E-state index contributed by atoms with van der Waals surface area (Å²) in [5.74, 6) is -0.346. The van der Waals surface area contributed by atoms with Gasteiger partial charge in [-0.05, 0) is 23.6 Å². The van der Waals surface area contributed by atoms with Crippen molar-refractivity contribution in [2.75, 3.05) is 0 Å². The average molecular weight is 475 g/mol. The molecule has 1 N–H and O–H groups in total. The molecule has 1 amide bonds. The Balaban J connectivity index is 1.27. The molecule has 0 aliphatic heterocycles. The quantitative estimate of drug-likeness (QED) is 0.270. The SMILES string of the molecule is Cc1ccc(-c2csc(-c3ccc(CNC(=O)C(c4ccccc4)c4ccccc4)cc3)n2)cc1. The molecule has 0 radical (unpaired) electrons. The van der Waals surface area contributed by atoms with Gasteiger partial charge in [-0.25, -0.2) is 4.98 Å². The maximum atomic E-state index is 13.2. The van der Waals surface area contributed by atoms with E-state index in [1.165, 1.54) is 5.56 Å². The molecule has 0 aliphatic carbocycles. The van der Waals surface area contributed by atoms with E-state index in [1.807, 2.05) is 60.7 Å². The number of rotatable bonds is 7. The molecule has 0 bridgehead atoms. The molecule has 172 valence electrons. The minimum Gasteiger partial charge on any atom is -0.351 e. The molecule has 0 saturated carbocycles. The maximum Gasteiger partial charge on any atom is 0.232 e. The van der Waals surface area contributed by atoms with Crippen molar-refractivity contribution in [2.24, 2.45) is 0 Å². The highest BCUT2D eigenvalue weighted by Gasteiger charge is 2.22. The van der Waals surface area contributed by atoms with Crippen molar-refractivity contribution in [3.05, 3.63) is 137 Å². The Kier molecular flexibility index (Phi) is 6.82. The molecule has 4 heteroatoms. The lowest BCUT2D eigenvalue weighted by Crippen LogP contribution is -2.29.